The van der Waals surface area contributed by atoms with Crippen molar-refractivity contribution in [1.82, 2.24) is 5.32 Å². The molecule has 17 heteroatoms. The fraction of sp³-hybridized carbons (Fsp3) is 0.655. The third-order valence-electron chi connectivity index (χ3n) is 7.34. The summed E-state index contributed by atoms with van der Waals surface area (Å²) < 4.78 is 27.2. The molecule has 3 rings (SSSR count). The summed E-state index contributed by atoms with van der Waals surface area (Å²) in [6.45, 7) is 13.4. The van der Waals surface area contributed by atoms with Crippen molar-refractivity contribution in [2.24, 2.45) is 4.99 Å². The quantitative estimate of drug-likeness (QED) is 0.0998. The smallest absolute Gasteiger partial charge is 0.349 e. The predicted octanol–water partition coefficient (Wildman–Crippen LogP) is 7.42. The molecule has 1 aromatic rings. The normalized spacial score (nSPS) is 25.7. The van der Waals surface area contributed by atoms with Crippen LogP contribution in [0, 0.1) is 0 Å². The largest absolute Gasteiger partial charge is 0.457 e. The number of aliphatic imine (C=N–C) groups is 1. The molecule has 1 unspecified atom stereocenters. The van der Waals surface area contributed by atoms with E-state index in [2.05, 4.69) is 10.3 Å². The number of esters is 1. The number of Topliss-reactive ketones (excluding diaryl/α,β-unsaturated/α-hetero) is 1. The van der Waals surface area contributed by atoms with Crippen molar-refractivity contribution in [3.8, 4) is 0 Å². The topological polar surface area (TPSA) is 122 Å². The number of alkyl halides is 6. The Morgan fingerprint density at radius 1 is 0.913 bits per heavy atom. The third kappa shape index (κ3) is 9.64. The zero-order valence-corrected chi connectivity index (χ0v) is 31.9. The Morgan fingerprint density at radius 3 is 2.00 bits per heavy atom. The lowest BCUT2D eigenvalue weighted by molar-refractivity contribution is -0.265. The van der Waals surface area contributed by atoms with Crippen LogP contribution in [-0.2, 0) is 37.4 Å². The number of fused-ring (bicyclic) bond motifs is 1. The van der Waals surface area contributed by atoms with Gasteiger partial charge in [-0.15, -0.1) is 0 Å². The van der Waals surface area contributed by atoms with Crippen LogP contribution in [-0.4, -0.2) is 77.0 Å². The third-order valence-corrected chi connectivity index (χ3v) is 13.5. The molecule has 258 valence electrons. The second-order valence-electron chi connectivity index (χ2n) is 13.1. The first-order valence-corrected chi connectivity index (χ1v) is 18.5. The van der Waals surface area contributed by atoms with E-state index in [9.17, 15) is 14.4 Å². The number of nitrogens with one attached hydrogen (secondary N) is 1. The number of halogens is 6. The number of ketones is 1. The molecule has 2 aliphatic rings. The van der Waals surface area contributed by atoms with Gasteiger partial charge in [0.25, 0.3) is 13.5 Å². The highest BCUT2D eigenvalue weighted by atomic mass is 35.6. The van der Waals surface area contributed by atoms with Gasteiger partial charge in [-0.3, -0.25) is 9.59 Å². The summed E-state index contributed by atoms with van der Waals surface area (Å²) >= 11 is 36.6. The molecule has 2 saturated heterocycles. The Labute approximate surface area is 300 Å². The highest BCUT2D eigenvalue weighted by Crippen LogP contribution is 2.55. The maximum absolute atomic E-state index is 13.2. The summed E-state index contributed by atoms with van der Waals surface area (Å²) in [6, 6.07) is 7.09. The van der Waals surface area contributed by atoms with E-state index < -0.39 is 74.6 Å². The van der Waals surface area contributed by atoms with Crippen LogP contribution in [0.25, 0.3) is 0 Å². The minimum atomic E-state index is -3.21. The van der Waals surface area contributed by atoms with E-state index in [1.165, 1.54) is 6.92 Å². The summed E-state index contributed by atoms with van der Waals surface area (Å²) in [5.41, 5.74) is 0.377. The van der Waals surface area contributed by atoms with E-state index >= 15 is 0 Å². The molecule has 1 aromatic carbocycles. The van der Waals surface area contributed by atoms with Gasteiger partial charge in [0.05, 0.1) is 18.7 Å². The van der Waals surface area contributed by atoms with Gasteiger partial charge in [0, 0.05) is 16.5 Å². The van der Waals surface area contributed by atoms with E-state index in [1.807, 2.05) is 41.5 Å². The van der Waals surface area contributed by atoms with Gasteiger partial charge in [-0.2, -0.15) is 0 Å². The van der Waals surface area contributed by atoms with E-state index in [1.54, 1.807) is 30.3 Å². The van der Waals surface area contributed by atoms with Crippen molar-refractivity contribution in [3.63, 3.8) is 0 Å². The first-order chi connectivity index (χ1) is 21.0. The summed E-state index contributed by atoms with van der Waals surface area (Å²) in [6.07, 6.45) is -5.07. The van der Waals surface area contributed by atoms with Crippen molar-refractivity contribution in [1.29, 1.82) is 0 Å². The van der Waals surface area contributed by atoms with Crippen LogP contribution < -0.4 is 5.32 Å². The van der Waals surface area contributed by atoms with Crippen LogP contribution in [0.1, 0.15) is 61.3 Å². The summed E-state index contributed by atoms with van der Waals surface area (Å²) in [7, 11) is -3.21. The molecular formula is C29H38Cl6N2O8Si. The average molecular weight is 783 g/mol. The monoisotopic (exact) mass is 780 g/mol. The number of hydrogen-bond acceptors (Lipinski definition) is 9. The number of carbonyl (C=O) groups is 3. The van der Waals surface area contributed by atoms with E-state index in [0.717, 1.165) is 0 Å². The van der Waals surface area contributed by atoms with Crippen LogP contribution in [0.4, 0.5) is 5.69 Å². The van der Waals surface area contributed by atoms with Gasteiger partial charge in [0.15, 0.2) is 6.10 Å². The predicted molar refractivity (Wildman–Crippen MR) is 182 cm³/mol. The minimum Gasteiger partial charge on any atom is -0.457 e. The number of amides is 1. The van der Waals surface area contributed by atoms with E-state index in [4.69, 9.17) is 92.7 Å². The number of rotatable bonds is 7. The minimum absolute atomic E-state index is 0.0108. The highest BCUT2D eigenvalue weighted by Gasteiger charge is 2.66. The van der Waals surface area contributed by atoms with Gasteiger partial charge in [0.2, 0.25) is 12.2 Å². The van der Waals surface area contributed by atoms with Gasteiger partial charge in [0.1, 0.15) is 24.0 Å². The van der Waals surface area contributed by atoms with Gasteiger partial charge < -0.3 is 33.2 Å². The van der Waals surface area contributed by atoms with Gasteiger partial charge in [-0.1, -0.05) is 129 Å². The molecule has 0 aromatic heterocycles. The zero-order chi connectivity index (χ0) is 34.9. The lowest BCUT2D eigenvalue weighted by Crippen LogP contribution is -2.74. The van der Waals surface area contributed by atoms with Crippen LogP contribution in [0.2, 0.25) is 10.1 Å². The van der Waals surface area contributed by atoms with Gasteiger partial charge in [-0.05, 0) is 19.1 Å². The van der Waals surface area contributed by atoms with Crippen molar-refractivity contribution in [3.05, 3.63) is 30.3 Å². The lowest BCUT2D eigenvalue weighted by atomic mass is 9.96. The van der Waals surface area contributed by atoms with Gasteiger partial charge >= 0.3 is 14.5 Å². The van der Waals surface area contributed by atoms with Gasteiger partial charge in [-0.25, -0.2) is 4.99 Å². The van der Waals surface area contributed by atoms with Crippen molar-refractivity contribution >= 4 is 107 Å². The Morgan fingerprint density at radius 2 is 1.50 bits per heavy atom. The fourth-order valence-electron chi connectivity index (χ4n) is 5.52. The summed E-state index contributed by atoms with van der Waals surface area (Å²) in [4.78, 5) is 42.3. The Hall–Kier alpha value is -0.863. The number of carbonyl (C=O) groups excluding carboxylic acids is 3. The molecule has 0 bridgehead atoms. The second kappa shape index (κ2) is 14.9. The van der Waals surface area contributed by atoms with E-state index in [0.29, 0.717) is 5.69 Å². The molecule has 0 radical (unpaired) electrons. The fourth-order valence-corrected chi connectivity index (χ4v) is 10.9. The molecule has 2 heterocycles. The zero-order valence-electron chi connectivity index (χ0n) is 26.4. The molecule has 0 spiro atoms. The molecule has 2 fully saturated rings. The maximum Gasteiger partial charge on any atom is 0.349 e. The number of ether oxygens (including phenoxy) is 3. The number of nitrogens with zero attached hydrogens (tertiary/aromatic N) is 1. The summed E-state index contributed by atoms with van der Waals surface area (Å²) in [5.74, 6) is -2.47. The first-order valence-electron chi connectivity index (χ1n) is 14.4. The molecule has 1 amide bonds. The van der Waals surface area contributed by atoms with Crippen LogP contribution >= 0.6 is 69.6 Å². The summed E-state index contributed by atoms with van der Waals surface area (Å²) in [5, 5.41) is 1.61. The van der Waals surface area contributed by atoms with E-state index in [-0.39, 0.29) is 25.2 Å². The number of hydrogen-bond donors (Lipinski definition) is 1. The Kier molecular flexibility index (Phi) is 12.9. The SMILES string of the molecule is CC(=O)CCC(=O)O[C@H]1[C@@H]2O[Si](C(C)(C)C)(C(C)(C)C)OC[C@H]2OC(OC(=Nc2ccccc2)C(Cl)(Cl)Cl)[C@@H]1NC(=O)C(Cl)(Cl)Cl. The molecule has 2 aliphatic heterocycles. The first kappa shape index (κ1) is 39.6. The maximum atomic E-state index is 13.2. The van der Waals surface area contributed by atoms with Crippen LogP contribution in [0.15, 0.2) is 35.3 Å². The van der Waals surface area contributed by atoms with Crippen molar-refractivity contribution < 1.29 is 37.4 Å². The average Bonchev–Trinajstić information content (AvgIpc) is 2.91. The number of benzene rings is 1. The Balaban J connectivity index is 2.17. The molecular weight excluding hydrogens is 745 g/mol. The standard InChI is InChI=1S/C29H38Cl6N2O8Si/c1-16(38)13-14-19(39)43-22-20(37-24(40)28(30,31)32)23(44-25(29(33,34)35)36-17-11-9-8-10-12-17)42-18-15-41-46(26(2,3)4,27(5,6)7)45-21(18)22/h8-12,18,20-23H,13-15H2,1-7H3,(H,37,40)/t18-,20-,21-,22-,23?/m1/s1. The van der Waals surface area contributed by atoms with Crippen molar-refractivity contribution in [2.75, 3.05) is 6.61 Å². The lowest BCUT2D eigenvalue weighted by Gasteiger charge is -2.57. The molecule has 1 N–H and O–H groups in total. The highest BCUT2D eigenvalue weighted by molar-refractivity contribution is 6.77. The number of para-hydroxylation sites is 1. The van der Waals surface area contributed by atoms with Crippen LogP contribution in [0.3, 0.4) is 0 Å². The Bertz CT molecular complexity index is 1280. The molecule has 0 saturated carbocycles. The molecule has 5 atom stereocenters. The molecule has 46 heavy (non-hydrogen) atoms. The van der Waals surface area contributed by atoms with Crippen LogP contribution in [0.5, 0.6) is 0 Å². The second-order valence-corrected chi connectivity index (χ2v) is 22.4. The molecule has 10 nitrogen and oxygen atoms in total. The molecule has 0 aliphatic carbocycles. The van der Waals surface area contributed by atoms with Crippen molar-refractivity contribution in [2.45, 2.75) is 110 Å².